The topological polar surface area (TPSA) is 134 Å². The number of nitrogens with zero attached hydrogens (tertiary/aromatic N) is 11. The molecule has 7 aromatic carbocycles. The van der Waals surface area contributed by atoms with Crippen molar-refractivity contribution in [1.29, 1.82) is 0 Å². The first-order valence-electron chi connectivity index (χ1n) is 23.4. The molecule has 5 aromatic heterocycles. The van der Waals surface area contributed by atoms with Crippen molar-refractivity contribution in [3.63, 3.8) is 0 Å². The van der Waals surface area contributed by atoms with Gasteiger partial charge in [-0.3, -0.25) is 0 Å². The number of aromatic nitrogens is 11. The highest BCUT2D eigenvalue weighted by Gasteiger charge is 2.23. The molecule has 0 radical (unpaired) electrons. The summed E-state index contributed by atoms with van der Waals surface area (Å²) in [5.74, 6) is 4.95. The summed E-state index contributed by atoms with van der Waals surface area (Å²) in [5.41, 5.74) is 13.2. The van der Waals surface area contributed by atoms with E-state index in [1.807, 2.05) is 100 Å². The van der Waals surface area contributed by atoms with Crippen molar-refractivity contribution in [2.45, 2.75) is 27.7 Å². The van der Waals surface area contributed by atoms with Gasteiger partial charge in [-0.25, -0.2) is 49.8 Å². The van der Waals surface area contributed by atoms with Gasteiger partial charge < -0.3 is 4.57 Å². The van der Waals surface area contributed by atoms with Crippen LogP contribution in [0.5, 0.6) is 0 Å². The van der Waals surface area contributed by atoms with Gasteiger partial charge in [-0.2, -0.15) is 0 Å². The SMILES string of the molecule is Cc1nc(C)nc(-c2ccc3c(c2)c2cc(-c4nc(C)nc(C)n4)ccc2n3-c2ccc(-c3nc(-c4ccccc4)cc(-c4ccccc4)n3)cc2-c2nc(-c3ccccc3)cc(-c3ccccc3)n2)n1. The van der Waals surface area contributed by atoms with Crippen LogP contribution in [-0.4, -0.2) is 54.4 Å². The van der Waals surface area contributed by atoms with Crippen molar-refractivity contribution in [2.75, 3.05) is 0 Å². The molecule has 0 spiro atoms. The van der Waals surface area contributed by atoms with Crippen LogP contribution in [-0.2, 0) is 0 Å². The van der Waals surface area contributed by atoms with E-state index in [0.29, 0.717) is 46.6 Å². The molecule has 0 aliphatic rings. The Hall–Kier alpha value is -9.48. The van der Waals surface area contributed by atoms with Gasteiger partial charge in [0.05, 0.1) is 39.5 Å². The van der Waals surface area contributed by atoms with Crippen molar-refractivity contribution in [3.8, 4) is 96.3 Å². The van der Waals surface area contributed by atoms with Gasteiger partial charge >= 0.3 is 0 Å². The van der Waals surface area contributed by atoms with E-state index in [4.69, 9.17) is 39.9 Å². The maximum atomic E-state index is 5.43. The lowest BCUT2D eigenvalue weighted by Crippen LogP contribution is -2.03. The Balaban J connectivity index is 1.15. The predicted molar refractivity (Wildman–Crippen MR) is 281 cm³/mol. The van der Waals surface area contributed by atoms with Crippen LogP contribution in [0, 0.1) is 27.7 Å². The second kappa shape index (κ2) is 17.9. The standard InChI is InChI=1S/C60H43N11/c1-36-61-37(2)64-57(63-36)44-25-28-54-47(31-44)48-32-45(58-65-38(3)62-39(4)66-58)26-29-55(48)71(54)56-30-27-46(59-67-50(40-17-9-5-10-18-40)34-51(68-59)41-19-11-6-12-20-41)33-49(56)60-69-52(42-21-13-7-14-22-42)35-53(70-60)43-23-15-8-16-24-43/h5-35H,1-4H3. The number of aryl methyl sites for hydroxylation is 4. The summed E-state index contributed by atoms with van der Waals surface area (Å²) < 4.78 is 2.29. The largest absolute Gasteiger partial charge is 0.308 e. The van der Waals surface area contributed by atoms with Crippen molar-refractivity contribution < 1.29 is 0 Å². The third kappa shape index (κ3) is 8.35. The lowest BCUT2D eigenvalue weighted by Gasteiger charge is -2.17. The molecule has 0 bridgehead atoms. The lowest BCUT2D eigenvalue weighted by molar-refractivity contribution is 0.928. The van der Waals surface area contributed by atoms with Crippen LogP contribution in [0.3, 0.4) is 0 Å². The first kappa shape index (κ1) is 42.8. The Bertz CT molecular complexity index is 3710. The van der Waals surface area contributed by atoms with Gasteiger partial charge in [-0.15, -0.1) is 0 Å². The summed E-state index contributed by atoms with van der Waals surface area (Å²) >= 11 is 0. The third-order valence-corrected chi connectivity index (χ3v) is 12.5. The molecule has 11 heteroatoms. The number of hydrogen-bond donors (Lipinski definition) is 0. The van der Waals surface area contributed by atoms with E-state index in [2.05, 4.69) is 130 Å². The summed E-state index contributed by atoms with van der Waals surface area (Å²) in [6.07, 6.45) is 0. The van der Waals surface area contributed by atoms with E-state index in [-0.39, 0.29) is 0 Å². The molecule has 0 N–H and O–H groups in total. The van der Waals surface area contributed by atoms with Crippen molar-refractivity contribution in [2.24, 2.45) is 0 Å². The van der Waals surface area contributed by atoms with E-state index in [1.165, 1.54) is 0 Å². The average molecular weight is 918 g/mol. The van der Waals surface area contributed by atoms with Crippen LogP contribution in [0.15, 0.2) is 188 Å². The first-order valence-corrected chi connectivity index (χ1v) is 23.4. The van der Waals surface area contributed by atoms with Crippen LogP contribution >= 0.6 is 0 Å². The normalized spacial score (nSPS) is 11.4. The zero-order valence-electron chi connectivity index (χ0n) is 39.3. The quantitative estimate of drug-likeness (QED) is 0.138. The Morgan fingerprint density at radius 1 is 0.268 bits per heavy atom. The summed E-state index contributed by atoms with van der Waals surface area (Å²) in [5, 5.41) is 1.98. The summed E-state index contributed by atoms with van der Waals surface area (Å²) in [6, 6.07) is 64.2. The lowest BCUT2D eigenvalue weighted by atomic mass is 10.0. The Morgan fingerprint density at radius 2 is 0.592 bits per heavy atom. The summed E-state index contributed by atoms with van der Waals surface area (Å²) in [6.45, 7) is 7.56. The molecule has 0 saturated heterocycles. The van der Waals surface area contributed by atoms with Gasteiger partial charge in [0.15, 0.2) is 23.3 Å². The predicted octanol–water partition coefficient (Wildman–Crippen LogP) is 13.3. The molecule has 12 aromatic rings. The highest BCUT2D eigenvalue weighted by atomic mass is 15.0. The zero-order valence-corrected chi connectivity index (χ0v) is 39.3. The van der Waals surface area contributed by atoms with Gasteiger partial charge in [-0.05, 0) is 94.4 Å². The van der Waals surface area contributed by atoms with Crippen LogP contribution in [0.1, 0.15) is 23.3 Å². The molecule has 11 nitrogen and oxygen atoms in total. The van der Waals surface area contributed by atoms with Gasteiger partial charge in [0.1, 0.15) is 23.3 Å². The number of fused-ring (bicyclic) bond motifs is 3. The number of benzene rings is 7. The maximum absolute atomic E-state index is 5.43. The van der Waals surface area contributed by atoms with Gasteiger partial charge in [0.2, 0.25) is 0 Å². The van der Waals surface area contributed by atoms with Crippen molar-refractivity contribution in [1.82, 2.24) is 54.4 Å². The van der Waals surface area contributed by atoms with Crippen LogP contribution < -0.4 is 0 Å². The minimum Gasteiger partial charge on any atom is -0.308 e. The Kier molecular flexibility index (Phi) is 10.8. The van der Waals surface area contributed by atoms with Crippen molar-refractivity contribution in [3.05, 3.63) is 211 Å². The highest BCUT2D eigenvalue weighted by molar-refractivity contribution is 6.12. The van der Waals surface area contributed by atoms with Crippen LogP contribution in [0.25, 0.3) is 118 Å². The molecule has 0 fully saturated rings. The minimum atomic E-state index is 0.542. The fourth-order valence-corrected chi connectivity index (χ4v) is 9.27. The molecule has 0 aliphatic heterocycles. The highest BCUT2D eigenvalue weighted by Crippen LogP contribution is 2.41. The third-order valence-electron chi connectivity index (χ3n) is 12.5. The van der Waals surface area contributed by atoms with E-state index < -0.39 is 0 Å². The number of hydrogen-bond acceptors (Lipinski definition) is 10. The van der Waals surface area contributed by atoms with E-state index in [0.717, 1.165) is 94.8 Å². The molecule has 71 heavy (non-hydrogen) atoms. The monoisotopic (exact) mass is 917 g/mol. The second-order valence-corrected chi connectivity index (χ2v) is 17.4. The Morgan fingerprint density at radius 3 is 0.972 bits per heavy atom. The molecule has 338 valence electrons. The van der Waals surface area contributed by atoms with Gasteiger partial charge in [0, 0.05) is 55.3 Å². The first-order chi connectivity index (χ1) is 34.8. The Labute approximate surface area is 409 Å². The molecule has 0 amide bonds. The van der Waals surface area contributed by atoms with E-state index in [1.54, 1.807) is 0 Å². The minimum absolute atomic E-state index is 0.542. The van der Waals surface area contributed by atoms with Crippen LogP contribution in [0.4, 0.5) is 0 Å². The fraction of sp³-hybridized carbons (Fsp3) is 0.0667. The maximum Gasteiger partial charge on any atom is 0.163 e. The molecule has 0 saturated carbocycles. The molecular formula is C60H43N11. The van der Waals surface area contributed by atoms with Gasteiger partial charge in [-0.1, -0.05) is 121 Å². The number of rotatable bonds is 9. The smallest absolute Gasteiger partial charge is 0.163 e. The van der Waals surface area contributed by atoms with Crippen LogP contribution in [0.2, 0.25) is 0 Å². The zero-order chi connectivity index (χ0) is 48.0. The van der Waals surface area contributed by atoms with E-state index >= 15 is 0 Å². The second-order valence-electron chi connectivity index (χ2n) is 17.4. The molecule has 12 rings (SSSR count). The summed E-state index contributed by atoms with van der Waals surface area (Å²) in [7, 11) is 0. The molecule has 5 heterocycles. The van der Waals surface area contributed by atoms with Crippen molar-refractivity contribution >= 4 is 21.8 Å². The molecule has 0 atom stereocenters. The van der Waals surface area contributed by atoms with Gasteiger partial charge in [0.25, 0.3) is 0 Å². The molecule has 0 unspecified atom stereocenters. The molecule has 0 aliphatic carbocycles. The fourth-order valence-electron chi connectivity index (χ4n) is 9.27. The average Bonchev–Trinajstić information content (AvgIpc) is 3.73. The van der Waals surface area contributed by atoms with E-state index in [9.17, 15) is 0 Å². The molecular weight excluding hydrogens is 875 g/mol. The summed E-state index contributed by atoms with van der Waals surface area (Å²) in [4.78, 5) is 49.4.